The van der Waals surface area contributed by atoms with Gasteiger partial charge < -0.3 is 10.2 Å². The highest BCUT2D eigenvalue weighted by molar-refractivity contribution is 4.89. The molecule has 2 N–H and O–H groups in total. The van der Waals surface area contributed by atoms with Gasteiger partial charge >= 0.3 is 0 Å². The average molecular weight is 186 g/mol. The SMILES string of the molecule is CCCCC/C=C\[C@H](C)[C@H](O)CO. The van der Waals surface area contributed by atoms with Crippen molar-refractivity contribution in [2.45, 2.75) is 45.6 Å². The Bertz CT molecular complexity index is 132. The van der Waals surface area contributed by atoms with E-state index >= 15 is 0 Å². The van der Waals surface area contributed by atoms with Gasteiger partial charge in [-0.3, -0.25) is 0 Å². The van der Waals surface area contributed by atoms with Crippen molar-refractivity contribution in [2.24, 2.45) is 5.92 Å². The van der Waals surface area contributed by atoms with Crippen LogP contribution < -0.4 is 0 Å². The van der Waals surface area contributed by atoms with Crippen molar-refractivity contribution in [3.8, 4) is 0 Å². The summed E-state index contributed by atoms with van der Waals surface area (Å²) in [5.41, 5.74) is 0. The van der Waals surface area contributed by atoms with E-state index < -0.39 is 6.10 Å². The van der Waals surface area contributed by atoms with Crippen molar-refractivity contribution in [1.82, 2.24) is 0 Å². The molecule has 0 radical (unpaired) electrons. The lowest BCUT2D eigenvalue weighted by atomic mass is 10.0. The van der Waals surface area contributed by atoms with E-state index in [4.69, 9.17) is 5.11 Å². The van der Waals surface area contributed by atoms with E-state index in [1.165, 1.54) is 19.3 Å². The lowest BCUT2D eigenvalue weighted by Gasteiger charge is -2.11. The van der Waals surface area contributed by atoms with Gasteiger partial charge in [0.2, 0.25) is 0 Å². The highest BCUT2D eigenvalue weighted by Gasteiger charge is 2.08. The standard InChI is InChI=1S/C11H22O2/c1-3-4-5-6-7-8-10(2)11(13)9-12/h7-8,10-13H,3-6,9H2,1-2H3/b8-7-/t10-,11+/m0/s1. The molecule has 13 heavy (non-hydrogen) atoms. The van der Waals surface area contributed by atoms with E-state index in [0.717, 1.165) is 6.42 Å². The number of aliphatic hydroxyl groups excluding tert-OH is 2. The van der Waals surface area contributed by atoms with Crippen LogP contribution in [0.15, 0.2) is 12.2 Å². The summed E-state index contributed by atoms with van der Waals surface area (Å²) in [6.07, 6.45) is 8.27. The second-order valence-corrected chi connectivity index (χ2v) is 3.53. The van der Waals surface area contributed by atoms with Gasteiger partial charge in [-0.05, 0) is 12.8 Å². The zero-order valence-electron chi connectivity index (χ0n) is 8.74. The second kappa shape index (κ2) is 8.27. The molecule has 0 bridgehead atoms. The molecule has 0 rings (SSSR count). The highest BCUT2D eigenvalue weighted by atomic mass is 16.3. The Morgan fingerprint density at radius 2 is 2.00 bits per heavy atom. The normalized spacial score (nSPS) is 16.3. The molecule has 0 amide bonds. The first-order valence-corrected chi connectivity index (χ1v) is 5.18. The number of rotatable bonds is 7. The maximum Gasteiger partial charge on any atom is 0.0830 e. The summed E-state index contributed by atoms with van der Waals surface area (Å²) in [5.74, 6) is 0.0617. The molecule has 0 aromatic rings. The van der Waals surface area contributed by atoms with Crippen LogP contribution in [0.4, 0.5) is 0 Å². The van der Waals surface area contributed by atoms with Crippen molar-refractivity contribution in [1.29, 1.82) is 0 Å². The molecular weight excluding hydrogens is 164 g/mol. The molecule has 0 aromatic carbocycles. The van der Waals surface area contributed by atoms with Gasteiger partial charge in [-0.25, -0.2) is 0 Å². The first-order chi connectivity index (χ1) is 6.22. The van der Waals surface area contributed by atoms with Crippen LogP contribution in [0.2, 0.25) is 0 Å². The quantitative estimate of drug-likeness (QED) is 0.472. The number of hydrogen-bond acceptors (Lipinski definition) is 2. The highest BCUT2D eigenvalue weighted by Crippen LogP contribution is 2.06. The van der Waals surface area contributed by atoms with Gasteiger partial charge in [0.15, 0.2) is 0 Å². The lowest BCUT2D eigenvalue weighted by Crippen LogP contribution is -2.19. The van der Waals surface area contributed by atoms with Crippen LogP contribution in [0.1, 0.15) is 39.5 Å². The fourth-order valence-corrected chi connectivity index (χ4v) is 1.12. The fourth-order valence-electron chi connectivity index (χ4n) is 1.12. The summed E-state index contributed by atoms with van der Waals surface area (Å²) in [4.78, 5) is 0. The Morgan fingerprint density at radius 1 is 1.31 bits per heavy atom. The maximum absolute atomic E-state index is 9.23. The molecule has 0 aromatic heterocycles. The first-order valence-electron chi connectivity index (χ1n) is 5.18. The van der Waals surface area contributed by atoms with Crippen LogP contribution in [0, 0.1) is 5.92 Å². The van der Waals surface area contributed by atoms with E-state index in [1.807, 2.05) is 13.0 Å². The van der Waals surface area contributed by atoms with Gasteiger partial charge in [-0.15, -0.1) is 0 Å². The van der Waals surface area contributed by atoms with Gasteiger partial charge in [0.25, 0.3) is 0 Å². The Morgan fingerprint density at radius 3 is 2.54 bits per heavy atom. The van der Waals surface area contributed by atoms with Crippen molar-refractivity contribution in [3.63, 3.8) is 0 Å². The molecule has 0 aliphatic rings. The Balaban J connectivity index is 3.47. The van der Waals surface area contributed by atoms with Gasteiger partial charge in [0.1, 0.15) is 0 Å². The molecule has 0 heterocycles. The predicted octanol–water partition coefficient (Wildman–Crippen LogP) is 2.11. The maximum atomic E-state index is 9.23. The van der Waals surface area contributed by atoms with Crippen LogP contribution in [-0.2, 0) is 0 Å². The van der Waals surface area contributed by atoms with Crippen LogP contribution in [0.3, 0.4) is 0 Å². The Hall–Kier alpha value is -0.340. The molecule has 0 unspecified atom stereocenters. The summed E-state index contributed by atoms with van der Waals surface area (Å²) in [6.45, 7) is 3.94. The van der Waals surface area contributed by atoms with Gasteiger partial charge in [0.05, 0.1) is 12.7 Å². The van der Waals surface area contributed by atoms with Gasteiger partial charge in [0, 0.05) is 5.92 Å². The number of allylic oxidation sites excluding steroid dienone is 1. The van der Waals surface area contributed by atoms with Crippen LogP contribution in [-0.4, -0.2) is 22.9 Å². The minimum atomic E-state index is -0.609. The minimum absolute atomic E-state index is 0.0617. The number of unbranched alkanes of at least 4 members (excludes halogenated alkanes) is 3. The molecule has 0 spiro atoms. The summed E-state index contributed by atoms with van der Waals surface area (Å²) in [6, 6.07) is 0. The molecule has 2 nitrogen and oxygen atoms in total. The number of hydrogen-bond donors (Lipinski definition) is 2. The fraction of sp³-hybridized carbons (Fsp3) is 0.818. The zero-order chi connectivity index (χ0) is 10.1. The Kier molecular flexibility index (Phi) is 8.05. The van der Waals surface area contributed by atoms with Gasteiger partial charge in [-0.1, -0.05) is 38.8 Å². The third-order valence-electron chi connectivity index (χ3n) is 2.21. The van der Waals surface area contributed by atoms with Gasteiger partial charge in [-0.2, -0.15) is 0 Å². The number of aliphatic hydroxyl groups is 2. The van der Waals surface area contributed by atoms with Crippen LogP contribution in [0.5, 0.6) is 0 Å². The molecule has 78 valence electrons. The van der Waals surface area contributed by atoms with Crippen molar-refractivity contribution in [2.75, 3.05) is 6.61 Å². The summed E-state index contributed by atoms with van der Waals surface area (Å²) < 4.78 is 0. The Labute approximate surface area is 81.3 Å². The molecule has 0 aliphatic heterocycles. The van der Waals surface area contributed by atoms with Crippen molar-refractivity contribution in [3.05, 3.63) is 12.2 Å². The van der Waals surface area contributed by atoms with E-state index in [9.17, 15) is 5.11 Å². The summed E-state index contributed by atoms with van der Waals surface area (Å²) in [7, 11) is 0. The molecule has 2 heteroatoms. The molecule has 0 saturated heterocycles. The molecule has 2 atom stereocenters. The lowest BCUT2D eigenvalue weighted by molar-refractivity contribution is 0.0684. The summed E-state index contributed by atoms with van der Waals surface area (Å²) >= 11 is 0. The molecule has 0 fully saturated rings. The minimum Gasteiger partial charge on any atom is -0.394 e. The van der Waals surface area contributed by atoms with Crippen LogP contribution in [0.25, 0.3) is 0 Å². The largest absolute Gasteiger partial charge is 0.394 e. The van der Waals surface area contributed by atoms with E-state index in [0.29, 0.717) is 0 Å². The molecule has 0 aliphatic carbocycles. The van der Waals surface area contributed by atoms with Crippen LogP contribution >= 0.6 is 0 Å². The summed E-state index contributed by atoms with van der Waals surface area (Å²) in [5, 5.41) is 17.9. The first kappa shape index (κ1) is 12.7. The molecular formula is C11H22O2. The van der Waals surface area contributed by atoms with E-state index in [-0.39, 0.29) is 12.5 Å². The topological polar surface area (TPSA) is 40.5 Å². The predicted molar refractivity (Wildman–Crippen MR) is 55.5 cm³/mol. The molecule has 0 saturated carbocycles. The van der Waals surface area contributed by atoms with Crippen molar-refractivity contribution < 1.29 is 10.2 Å². The second-order valence-electron chi connectivity index (χ2n) is 3.53. The zero-order valence-corrected chi connectivity index (χ0v) is 8.74. The third kappa shape index (κ3) is 6.79. The monoisotopic (exact) mass is 186 g/mol. The van der Waals surface area contributed by atoms with Crippen molar-refractivity contribution >= 4 is 0 Å². The van der Waals surface area contributed by atoms with E-state index in [2.05, 4.69) is 13.0 Å². The smallest absolute Gasteiger partial charge is 0.0830 e. The van der Waals surface area contributed by atoms with E-state index in [1.54, 1.807) is 0 Å². The third-order valence-corrected chi connectivity index (χ3v) is 2.21. The average Bonchev–Trinajstić information content (AvgIpc) is 2.16.